The molecule has 0 spiro atoms. The van der Waals surface area contributed by atoms with Crippen LogP contribution in [0.25, 0.3) is 0 Å². The summed E-state index contributed by atoms with van der Waals surface area (Å²) in [6, 6.07) is 7.81. The van der Waals surface area contributed by atoms with E-state index in [1.54, 1.807) is 0 Å². The van der Waals surface area contributed by atoms with Gasteiger partial charge >= 0.3 is 0 Å². The SMILES string of the molecule is NN=C(C=NCCF)COCc1ccc(Br)cc1. The second-order valence-corrected chi connectivity index (χ2v) is 4.38. The second-order valence-electron chi connectivity index (χ2n) is 3.46. The van der Waals surface area contributed by atoms with Crippen LogP contribution < -0.4 is 5.84 Å². The molecule has 0 saturated carbocycles. The zero-order chi connectivity index (χ0) is 13.2. The van der Waals surface area contributed by atoms with E-state index in [0.717, 1.165) is 10.0 Å². The first-order chi connectivity index (χ1) is 8.76. The van der Waals surface area contributed by atoms with Crippen molar-refractivity contribution in [3.05, 3.63) is 34.3 Å². The summed E-state index contributed by atoms with van der Waals surface area (Å²) in [5, 5.41) is 3.52. The first-order valence-corrected chi connectivity index (χ1v) is 6.20. The van der Waals surface area contributed by atoms with Gasteiger partial charge in [0.2, 0.25) is 0 Å². The Morgan fingerprint density at radius 2 is 2.11 bits per heavy atom. The Labute approximate surface area is 114 Å². The molecule has 0 aliphatic heterocycles. The standard InChI is InChI=1S/C12H15BrFN3O/c13-11-3-1-10(2-4-11)8-18-9-12(17-15)7-16-6-5-14/h1-4,7H,5-6,8-9,15H2. The van der Waals surface area contributed by atoms with Gasteiger partial charge in [0.15, 0.2) is 0 Å². The van der Waals surface area contributed by atoms with Crippen molar-refractivity contribution >= 4 is 27.9 Å². The highest BCUT2D eigenvalue weighted by Gasteiger charge is 1.97. The number of rotatable bonds is 7. The summed E-state index contributed by atoms with van der Waals surface area (Å²) in [6.45, 7) is 0.339. The number of alkyl halides is 1. The van der Waals surface area contributed by atoms with Crippen LogP contribution in [0.2, 0.25) is 0 Å². The molecule has 0 radical (unpaired) electrons. The van der Waals surface area contributed by atoms with Gasteiger partial charge in [-0.1, -0.05) is 28.1 Å². The molecular weight excluding hydrogens is 301 g/mol. The van der Waals surface area contributed by atoms with E-state index >= 15 is 0 Å². The Hall–Kier alpha value is -1.27. The van der Waals surface area contributed by atoms with Crippen LogP contribution in [0.4, 0.5) is 4.39 Å². The molecule has 0 saturated heterocycles. The molecule has 0 atom stereocenters. The van der Waals surface area contributed by atoms with E-state index in [1.165, 1.54) is 6.21 Å². The van der Waals surface area contributed by atoms with E-state index in [0.29, 0.717) is 12.3 Å². The molecule has 0 aliphatic carbocycles. The molecule has 0 unspecified atom stereocenters. The van der Waals surface area contributed by atoms with Crippen LogP contribution >= 0.6 is 15.9 Å². The van der Waals surface area contributed by atoms with Crippen LogP contribution in [-0.2, 0) is 11.3 Å². The van der Waals surface area contributed by atoms with Crippen LogP contribution in [0.1, 0.15) is 5.56 Å². The fourth-order valence-electron chi connectivity index (χ4n) is 1.18. The number of hydrazone groups is 1. The average molecular weight is 316 g/mol. The summed E-state index contributed by atoms with van der Waals surface area (Å²) in [7, 11) is 0. The number of ether oxygens (including phenoxy) is 1. The lowest BCUT2D eigenvalue weighted by Crippen LogP contribution is -2.13. The third-order valence-electron chi connectivity index (χ3n) is 2.05. The minimum absolute atomic E-state index is 0.117. The predicted octanol–water partition coefficient (Wildman–Crippen LogP) is 2.32. The summed E-state index contributed by atoms with van der Waals surface area (Å²) >= 11 is 3.36. The Kier molecular flexibility index (Phi) is 7.20. The van der Waals surface area contributed by atoms with Gasteiger partial charge in [-0.25, -0.2) is 4.39 Å². The van der Waals surface area contributed by atoms with Crippen molar-refractivity contribution in [1.29, 1.82) is 0 Å². The van der Waals surface area contributed by atoms with Crippen LogP contribution in [-0.4, -0.2) is 31.8 Å². The van der Waals surface area contributed by atoms with Gasteiger partial charge in [0.05, 0.1) is 19.8 Å². The number of benzene rings is 1. The lowest BCUT2D eigenvalue weighted by Gasteiger charge is -2.04. The van der Waals surface area contributed by atoms with Crippen molar-refractivity contribution in [3.8, 4) is 0 Å². The zero-order valence-corrected chi connectivity index (χ0v) is 11.4. The molecule has 1 aromatic carbocycles. The summed E-state index contributed by atoms with van der Waals surface area (Å²) < 4.78 is 18.3. The Morgan fingerprint density at radius 1 is 1.39 bits per heavy atom. The van der Waals surface area contributed by atoms with Crippen molar-refractivity contribution in [1.82, 2.24) is 0 Å². The summed E-state index contributed by atoms with van der Waals surface area (Å²) in [5.74, 6) is 5.17. The van der Waals surface area contributed by atoms with Crippen LogP contribution in [0.15, 0.2) is 38.8 Å². The maximum atomic E-state index is 11.8. The topological polar surface area (TPSA) is 60.0 Å². The maximum Gasteiger partial charge on any atom is 0.109 e. The van der Waals surface area contributed by atoms with E-state index in [1.807, 2.05) is 24.3 Å². The molecule has 0 fully saturated rings. The van der Waals surface area contributed by atoms with Gasteiger partial charge in [0, 0.05) is 10.7 Å². The molecular formula is C12H15BrFN3O. The number of nitrogens with zero attached hydrogens (tertiary/aromatic N) is 2. The Balaban J connectivity index is 2.33. The molecule has 0 bridgehead atoms. The molecule has 6 heteroatoms. The van der Waals surface area contributed by atoms with Gasteiger partial charge in [-0.05, 0) is 17.7 Å². The van der Waals surface area contributed by atoms with Gasteiger partial charge in [0.25, 0.3) is 0 Å². The molecule has 0 aromatic heterocycles. The first-order valence-electron chi connectivity index (χ1n) is 5.41. The largest absolute Gasteiger partial charge is 0.370 e. The number of hydrogen-bond donors (Lipinski definition) is 1. The van der Waals surface area contributed by atoms with Crippen molar-refractivity contribution in [2.24, 2.45) is 15.9 Å². The van der Waals surface area contributed by atoms with Gasteiger partial charge in [-0.3, -0.25) is 4.99 Å². The summed E-state index contributed by atoms with van der Waals surface area (Å²) in [4.78, 5) is 3.80. The van der Waals surface area contributed by atoms with Crippen molar-refractivity contribution in [2.75, 3.05) is 19.8 Å². The molecule has 1 aromatic rings. The second kappa shape index (κ2) is 8.77. The highest BCUT2D eigenvalue weighted by molar-refractivity contribution is 9.10. The number of halogens is 2. The molecule has 18 heavy (non-hydrogen) atoms. The summed E-state index contributed by atoms with van der Waals surface area (Å²) in [5.41, 5.74) is 1.54. The molecule has 0 amide bonds. The molecule has 2 N–H and O–H groups in total. The average Bonchev–Trinajstić information content (AvgIpc) is 2.39. The van der Waals surface area contributed by atoms with Crippen LogP contribution in [0, 0.1) is 0 Å². The fourth-order valence-corrected chi connectivity index (χ4v) is 1.45. The van der Waals surface area contributed by atoms with Gasteiger partial charge in [-0.15, -0.1) is 0 Å². The molecule has 1 rings (SSSR count). The van der Waals surface area contributed by atoms with Crippen molar-refractivity contribution in [2.45, 2.75) is 6.61 Å². The van der Waals surface area contributed by atoms with Gasteiger partial charge in [0.1, 0.15) is 12.4 Å². The fraction of sp³-hybridized carbons (Fsp3) is 0.333. The quantitative estimate of drug-likeness (QED) is 0.477. The van der Waals surface area contributed by atoms with Gasteiger partial charge < -0.3 is 10.6 Å². The van der Waals surface area contributed by atoms with Crippen LogP contribution in [0.5, 0.6) is 0 Å². The van der Waals surface area contributed by atoms with Crippen LogP contribution in [0.3, 0.4) is 0 Å². The lowest BCUT2D eigenvalue weighted by molar-refractivity contribution is 0.159. The minimum Gasteiger partial charge on any atom is -0.370 e. The number of nitrogens with two attached hydrogens (primary N) is 1. The van der Waals surface area contributed by atoms with E-state index in [9.17, 15) is 4.39 Å². The smallest absolute Gasteiger partial charge is 0.109 e. The molecule has 0 aliphatic rings. The third-order valence-corrected chi connectivity index (χ3v) is 2.58. The minimum atomic E-state index is -0.492. The summed E-state index contributed by atoms with van der Waals surface area (Å²) in [6.07, 6.45) is 1.43. The number of hydrogen-bond acceptors (Lipinski definition) is 4. The van der Waals surface area contributed by atoms with Crippen molar-refractivity contribution < 1.29 is 9.13 Å². The zero-order valence-electron chi connectivity index (χ0n) is 9.85. The highest BCUT2D eigenvalue weighted by Crippen LogP contribution is 2.10. The predicted molar refractivity (Wildman–Crippen MR) is 74.8 cm³/mol. The van der Waals surface area contributed by atoms with Crippen molar-refractivity contribution in [3.63, 3.8) is 0 Å². The van der Waals surface area contributed by atoms with Gasteiger partial charge in [-0.2, -0.15) is 5.10 Å². The molecule has 0 heterocycles. The third kappa shape index (κ3) is 5.88. The monoisotopic (exact) mass is 315 g/mol. The normalized spacial score (nSPS) is 12.2. The molecule has 4 nitrogen and oxygen atoms in total. The number of aliphatic imine (C=N–C) groups is 1. The first kappa shape index (κ1) is 14.8. The Morgan fingerprint density at radius 3 is 2.72 bits per heavy atom. The van der Waals surface area contributed by atoms with E-state index in [4.69, 9.17) is 10.6 Å². The van der Waals surface area contributed by atoms with E-state index in [-0.39, 0.29) is 13.2 Å². The Bertz CT molecular complexity index is 406. The van der Waals surface area contributed by atoms with E-state index in [2.05, 4.69) is 26.0 Å². The highest BCUT2D eigenvalue weighted by atomic mass is 79.9. The molecule has 98 valence electrons. The van der Waals surface area contributed by atoms with E-state index < -0.39 is 6.67 Å². The maximum absolute atomic E-state index is 11.8. The lowest BCUT2D eigenvalue weighted by atomic mass is 10.2.